The van der Waals surface area contributed by atoms with Gasteiger partial charge in [0.05, 0.1) is 11.4 Å². The Bertz CT molecular complexity index is 908. The van der Waals surface area contributed by atoms with Crippen molar-refractivity contribution in [3.05, 3.63) is 65.5 Å². The highest BCUT2D eigenvalue weighted by molar-refractivity contribution is 7.88. The summed E-state index contributed by atoms with van der Waals surface area (Å²) in [6, 6.07) is 12.2. The van der Waals surface area contributed by atoms with Crippen molar-refractivity contribution in [2.24, 2.45) is 0 Å². The average molecular weight is 391 g/mol. The van der Waals surface area contributed by atoms with Crippen LogP contribution in [0.2, 0.25) is 0 Å². The number of benzene rings is 2. The number of hydrogen-bond acceptors (Lipinski definition) is 4. The number of nitrogens with one attached hydrogen (secondary N) is 1. The van der Waals surface area contributed by atoms with Crippen molar-refractivity contribution >= 4 is 21.6 Å². The molecule has 8 heteroatoms. The number of anilines is 1. The number of halogens is 1. The van der Waals surface area contributed by atoms with Crippen molar-refractivity contribution in [1.29, 1.82) is 0 Å². The van der Waals surface area contributed by atoms with Gasteiger partial charge in [-0.15, -0.1) is 0 Å². The Morgan fingerprint density at radius 2 is 1.67 bits per heavy atom. The molecule has 0 atom stereocenters. The molecule has 0 aliphatic carbocycles. The average Bonchev–Trinajstić information content (AvgIpc) is 2.64. The third-order valence-electron chi connectivity index (χ3n) is 4.54. The van der Waals surface area contributed by atoms with Crippen LogP contribution in [0.1, 0.15) is 15.9 Å². The fourth-order valence-electron chi connectivity index (χ4n) is 2.88. The lowest BCUT2D eigenvalue weighted by Gasteiger charge is -2.31. The van der Waals surface area contributed by atoms with Crippen LogP contribution in [0.5, 0.6) is 0 Å². The summed E-state index contributed by atoms with van der Waals surface area (Å²) in [6.07, 6.45) is 0. The van der Waals surface area contributed by atoms with Gasteiger partial charge >= 0.3 is 0 Å². The molecule has 1 heterocycles. The van der Waals surface area contributed by atoms with Gasteiger partial charge < -0.3 is 10.2 Å². The molecule has 0 saturated carbocycles. The highest BCUT2D eigenvalue weighted by Gasteiger charge is 2.25. The molecule has 1 saturated heterocycles. The van der Waals surface area contributed by atoms with Crippen molar-refractivity contribution in [2.75, 3.05) is 38.5 Å². The zero-order valence-corrected chi connectivity index (χ0v) is 15.9. The largest absolute Gasteiger partial charge is 0.319 e. The van der Waals surface area contributed by atoms with Crippen LogP contribution in [0.25, 0.3) is 0 Å². The van der Waals surface area contributed by atoms with Crippen LogP contribution in [-0.2, 0) is 15.8 Å². The van der Waals surface area contributed by atoms with Crippen LogP contribution < -0.4 is 5.32 Å². The lowest BCUT2D eigenvalue weighted by atomic mass is 10.1. The Balaban J connectivity index is 1.64. The molecule has 27 heavy (non-hydrogen) atoms. The molecule has 3 rings (SSSR count). The van der Waals surface area contributed by atoms with Gasteiger partial charge in [0.2, 0.25) is 10.0 Å². The lowest BCUT2D eigenvalue weighted by molar-refractivity contribution is 0.102. The summed E-state index contributed by atoms with van der Waals surface area (Å²) in [5.41, 5.74) is 1.04. The van der Waals surface area contributed by atoms with Crippen LogP contribution in [-0.4, -0.2) is 56.8 Å². The van der Waals surface area contributed by atoms with E-state index < -0.39 is 21.7 Å². The summed E-state index contributed by atoms with van der Waals surface area (Å²) in [6.45, 7) is 2.41. The minimum absolute atomic E-state index is 0.101. The smallest absolute Gasteiger partial charge is 0.255 e. The standard InChI is InChI=1S/C19H22FN3O3S/c1-22-10-12-23(13-11-22)27(25,26)14-15-6-8-16(9-7-15)19(24)21-18-5-3-2-4-17(18)20/h2-9H,10-14H2,1H3,(H,21,24). The van der Waals surface area contributed by atoms with E-state index in [1.165, 1.54) is 16.4 Å². The van der Waals surface area contributed by atoms with Gasteiger partial charge in [-0.1, -0.05) is 24.3 Å². The monoisotopic (exact) mass is 391 g/mol. The number of para-hydroxylation sites is 1. The maximum Gasteiger partial charge on any atom is 0.255 e. The van der Waals surface area contributed by atoms with Crippen molar-refractivity contribution in [2.45, 2.75) is 5.75 Å². The molecule has 1 fully saturated rings. The number of carbonyl (C=O) groups is 1. The number of amides is 1. The van der Waals surface area contributed by atoms with Crippen LogP contribution in [0.3, 0.4) is 0 Å². The lowest BCUT2D eigenvalue weighted by Crippen LogP contribution is -2.47. The molecule has 1 aliphatic rings. The minimum Gasteiger partial charge on any atom is -0.319 e. The predicted molar refractivity (Wildman–Crippen MR) is 102 cm³/mol. The summed E-state index contributed by atoms with van der Waals surface area (Å²) in [4.78, 5) is 14.3. The van der Waals surface area contributed by atoms with E-state index in [4.69, 9.17) is 0 Å². The zero-order chi connectivity index (χ0) is 19.4. The quantitative estimate of drug-likeness (QED) is 0.848. The Morgan fingerprint density at radius 1 is 1.04 bits per heavy atom. The first kappa shape index (κ1) is 19.5. The van der Waals surface area contributed by atoms with Gasteiger partial charge in [-0.25, -0.2) is 12.8 Å². The minimum atomic E-state index is -3.39. The van der Waals surface area contributed by atoms with E-state index in [2.05, 4.69) is 10.2 Å². The normalized spacial score (nSPS) is 16.2. The van der Waals surface area contributed by atoms with E-state index in [9.17, 15) is 17.6 Å². The fraction of sp³-hybridized carbons (Fsp3) is 0.316. The Morgan fingerprint density at radius 3 is 2.30 bits per heavy atom. The van der Waals surface area contributed by atoms with Gasteiger partial charge in [-0.05, 0) is 36.9 Å². The number of nitrogens with zero attached hydrogens (tertiary/aromatic N) is 2. The van der Waals surface area contributed by atoms with Gasteiger partial charge in [0.1, 0.15) is 5.82 Å². The molecule has 0 bridgehead atoms. The number of likely N-dealkylation sites (N-methyl/N-ethyl adjacent to an activating group) is 1. The highest BCUT2D eigenvalue weighted by Crippen LogP contribution is 2.16. The van der Waals surface area contributed by atoms with Crippen LogP contribution in [0.15, 0.2) is 48.5 Å². The summed E-state index contributed by atoms with van der Waals surface area (Å²) in [5, 5.41) is 2.50. The van der Waals surface area contributed by atoms with Crippen LogP contribution in [0, 0.1) is 5.82 Å². The highest BCUT2D eigenvalue weighted by atomic mass is 32.2. The van der Waals surface area contributed by atoms with Gasteiger partial charge in [0.15, 0.2) is 0 Å². The summed E-state index contributed by atoms with van der Waals surface area (Å²) in [7, 11) is -1.42. The molecular formula is C19H22FN3O3S. The molecule has 1 amide bonds. The maximum atomic E-state index is 13.6. The maximum absolute atomic E-state index is 13.6. The first-order chi connectivity index (χ1) is 12.8. The molecule has 1 N–H and O–H groups in total. The van der Waals surface area contributed by atoms with Crippen molar-refractivity contribution < 1.29 is 17.6 Å². The number of carbonyl (C=O) groups excluding carboxylic acids is 1. The van der Waals surface area contributed by atoms with Gasteiger partial charge in [0.25, 0.3) is 5.91 Å². The number of piperazine rings is 1. The van der Waals surface area contributed by atoms with E-state index in [1.807, 2.05) is 7.05 Å². The van der Waals surface area contributed by atoms with Gasteiger partial charge in [0, 0.05) is 31.7 Å². The topological polar surface area (TPSA) is 69.7 Å². The van der Waals surface area contributed by atoms with Crippen molar-refractivity contribution in [1.82, 2.24) is 9.21 Å². The second-order valence-corrected chi connectivity index (χ2v) is 8.56. The van der Waals surface area contributed by atoms with Crippen molar-refractivity contribution in [3.8, 4) is 0 Å². The van der Waals surface area contributed by atoms with Gasteiger partial charge in [-0.3, -0.25) is 4.79 Å². The SMILES string of the molecule is CN1CCN(S(=O)(=O)Cc2ccc(C(=O)Nc3ccccc3F)cc2)CC1. The van der Waals surface area contributed by atoms with E-state index in [-0.39, 0.29) is 11.4 Å². The van der Waals surface area contributed by atoms with Gasteiger partial charge in [-0.2, -0.15) is 4.31 Å². The molecule has 1 aliphatic heterocycles. The molecule has 2 aromatic carbocycles. The molecule has 0 radical (unpaired) electrons. The summed E-state index contributed by atoms with van der Waals surface area (Å²) < 4.78 is 40.2. The third kappa shape index (κ3) is 4.91. The molecule has 0 aromatic heterocycles. The van der Waals surface area contributed by atoms with E-state index in [0.717, 1.165) is 0 Å². The molecule has 0 unspecified atom stereocenters. The van der Waals surface area contributed by atoms with Crippen molar-refractivity contribution in [3.63, 3.8) is 0 Å². The molecule has 2 aromatic rings. The fourth-order valence-corrected chi connectivity index (χ4v) is 4.39. The van der Waals surface area contributed by atoms with Crippen LogP contribution >= 0.6 is 0 Å². The Kier molecular flexibility index (Phi) is 5.88. The van der Waals surface area contributed by atoms with E-state index in [0.29, 0.717) is 37.3 Å². The Hall–Kier alpha value is -2.29. The molecule has 6 nitrogen and oxygen atoms in total. The summed E-state index contributed by atoms with van der Waals surface area (Å²) >= 11 is 0. The summed E-state index contributed by atoms with van der Waals surface area (Å²) in [5.74, 6) is -1.07. The third-order valence-corrected chi connectivity index (χ3v) is 6.39. The number of rotatable bonds is 5. The zero-order valence-electron chi connectivity index (χ0n) is 15.1. The van der Waals surface area contributed by atoms with Crippen LogP contribution in [0.4, 0.5) is 10.1 Å². The first-order valence-corrected chi connectivity index (χ1v) is 10.3. The van der Waals surface area contributed by atoms with E-state index >= 15 is 0 Å². The Labute approximate surface area is 158 Å². The number of hydrogen-bond donors (Lipinski definition) is 1. The first-order valence-electron chi connectivity index (χ1n) is 8.66. The molecule has 144 valence electrons. The second kappa shape index (κ2) is 8.16. The second-order valence-electron chi connectivity index (χ2n) is 6.59. The van der Waals surface area contributed by atoms with E-state index in [1.54, 1.807) is 36.4 Å². The molecular weight excluding hydrogens is 369 g/mol. The predicted octanol–water partition coefficient (Wildman–Crippen LogP) is 2.16. The number of sulfonamides is 1. The molecule has 0 spiro atoms.